The van der Waals surface area contributed by atoms with E-state index in [1.54, 1.807) is 0 Å². The summed E-state index contributed by atoms with van der Waals surface area (Å²) in [6, 6.07) is 66.3. The van der Waals surface area contributed by atoms with Gasteiger partial charge < -0.3 is 4.57 Å². The molecule has 4 heteroatoms. The molecule has 13 rings (SSSR count). The highest BCUT2D eigenvalue weighted by atomic mass is 15.1. The van der Waals surface area contributed by atoms with Crippen LogP contribution in [-0.2, 0) is 5.41 Å². The molecule has 9 aromatic carbocycles. The molecule has 0 amide bonds. The summed E-state index contributed by atoms with van der Waals surface area (Å²) < 4.78 is 4.92. The van der Waals surface area contributed by atoms with Crippen molar-refractivity contribution in [1.29, 1.82) is 0 Å². The molecule has 0 unspecified atom stereocenters. The second kappa shape index (κ2) is 11.7. The highest BCUT2D eigenvalue weighted by molar-refractivity contribution is 6.23. The molecule has 0 radical (unpaired) electrons. The molecule has 0 bridgehead atoms. The first kappa shape index (κ1) is 32.5. The van der Waals surface area contributed by atoms with Gasteiger partial charge in [0.2, 0.25) is 0 Å². The van der Waals surface area contributed by atoms with Crippen molar-refractivity contribution in [1.82, 2.24) is 19.1 Å². The second-order valence-corrected chi connectivity index (χ2v) is 16.5. The number of aromatic nitrogens is 4. The van der Waals surface area contributed by atoms with Crippen LogP contribution in [0.2, 0.25) is 0 Å². The summed E-state index contributed by atoms with van der Waals surface area (Å²) in [6.45, 7) is 4.68. The third-order valence-electron chi connectivity index (χ3n) is 13.0. The van der Waals surface area contributed by atoms with Crippen molar-refractivity contribution in [3.05, 3.63) is 193 Å². The number of hydrogen-bond acceptors (Lipinski definition) is 2. The van der Waals surface area contributed by atoms with Crippen molar-refractivity contribution >= 4 is 76.2 Å². The smallest absolute Gasteiger partial charge is 0.165 e. The molecule has 0 spiro atoms. The lowest BCUT2D eigenvalue weighted by Crippen LogP contribution is -2.14. The van der Waals surface area contributed by atoms with Crippen molar-refractivity contribution < 1.29 is 0 Å². The Labute approximate surface area is 340 Å². The van der Waals surface area contributed by atoms with Crippen molar-refractivity contribution in [3.63, 3.8) is 0 Å². The van der Waals surface area contributed by atoms with Gasteiger partial charge in [0, 0.05) is 37.9 Å². The third kappa shape index (κ3) is 4.38. The topological polar surface area (TPSA) is 35.6 Å². The van der Waals surface area contributed by atoms with Gasteiger partial charge >= 0.3 is 0 Å². The second-order valence-electron chi connectivity index (χ2n) is 16.5. The van der Waals surface area contributed by atoms with Gasteiger partial charge in [-0.15, -0.1) is 0 Å². The van der Waals surface area contributed by atoms with Gasteiger partial charge in [-0.05, 0) is 80.9 Å². The van der Waals surface area contributed by atoms with Crippen LogP contribution in [0.4, 0.5) is 0 Å². The van der Waals surface area contributed by atoms with Crippen LogP contribution in [0.15, 0.2) is 182 Å². The van der Waals surface area contributed by atoms with Crippen LogP contribution < -0.4 is 0 Å². The number of nitrogens with zero attached hydrogens (tertiary/aromatic N) is 4. The largest absolute Gasteiger partial charge is 0.308 e. The van der Waals surface area contributed by atoms with E-state index in [0.717, 1.165) is 44.5 Å². The molecule has 0 aliphatic heterocycles. The molecule has 3 aromatic heterocycles. The van der Waals surface area contributed by atoms with Crippen molar-refractivity contribution in [2.24, 2.45) is 0 Å². The van der Waals surface area contributed by atoms with Crippen LogP contribution in [0.25, 0.3) is 110 Å². The van der Waals surface area contributed by atoms with Gasteiger partial charge in [-0.1, -0.05) is 153 Å². The molecule has 0 N–H and O–H groups in total. The zero-order valence-electron chi connectivity index (χ0n) is 32.6. The Balaban J connectivity index is 1.21. The average Bonchev–Trinajstić information content (AvgIpc) is 3.86. The molecule has 1 aliphatic carbocycles. The molecule has 4 nitrogen and oxygen atoms in total. The van der Waals surface area contributed by atoms with Gasteiger partial charge in [0.15, 0.2) is 5.82 Å². The molecule has 0 atom stereocenters. The Bertz CT molecular complexity index is 3770. The van der Waals surface area contributed by atoms with Crippen LogP contribution in [0.5, 0.6) is 0 Å². The molecule has 3 heterocycles. The van der Waals surface area contributed by atoms with Crippen molar-refractivity contribution in [2.45, 2.75) is 19.3 Å². The van der Waals surface area contributed by atoms with E-state index in [2.05, 4.69) is 205 Å². The van der Waals surface area contributed by atoms with Crippen LogP contribution in [0, 0.1) is 0 Å². The highest BCUT2D eigenvalue weighted by Crippen LogP contribution is 2.53. The van der Waals surface area contributed by atoms with E-state index >= 15 is 0 Å². The summed E-state index contributed by atoms with van der Waals surface area (Å²) in [7, 11) is 0. The minimum absolute atomic E-state index is 0.152. The fourth-order valence-electron chi connectivity index (χ4n) is 10.4. The summed E-state index contributed by atoms with van der Waals surface area (Å²) in [5.74, 6) is 0.819. The van der Waals surface area contributed by atoms with Gasteiger partial charge in [0.05, 0.1) is 38.8 Å². The quantitative estimate of drug-likeness (QED) is 0.180. The van der Waals surface area contributed by atoms with E-state index in [1.165, 1.54) is 76.7 Å². The lowest BCUT2D eigenvalue weighted by atomic mass is 9.82. The van der Waals surface area contributed by atoms with Crippen molar-refractivity contribution in [3.8, 4) is 33.9 Å². The zero-order valence-corrected chi connectivity index (χ0v) is 32.6. The predicted molar refractivity (Wildman–Crippen MR) is 246 cm³/mol. The molecule has 0 saturated carbocycles. The Morgan fingerprint density at radius 3 is 1.80 bits per heavy atom. The Morgan fingerprint density at radius 2 is 0.983 bits per heavy atom. The Hall–Kier alpha value is -7.56. The number of rotatable bonds is 3. The van der Waals surface area contributed by atoms with E-state index in [-0.39, 0.29) is 5.41 Å². The van der Waals surface area contributed by atoms with Crippen molar-refractivity contribution in [2.75, 3.05) is 0 Å². The molecule has 0 fully saturated rings. The summed E-state index contributed by atoms with van der Waals surface area (Å²) in [5.41, 5.74) is 14.4. The number of fused-ring (bicyclic) bond motifs is 12. The summed E-state index contributed by atoms with van der Waals surface area (Å²) >= 11 is 0. The van der Waals surface area contributed by atoms with Gasteiger partial charge in [-0.25, -0.2) is 9.97 Å². The van der Waals surface area contributed by atoms with E-state index in [0.29, 0.717) is 0 Å². The molecule has 59 heavy (non-hydrogen) atoms. The first-order valence-corrected chi connectivity index (χ1v) is 20.4. The first-order valence-electron chi connectivity index (χ1n) is 20.4. The summed E-state index contributed by atoms with van der Waals surface area (Å²) in [4.78, 5) is 11.2. The highest BCUT2D eigenvalue weighted by Gasteiger charge is 2.37. The molecule has 1 aliphatic rings. The molecule has 276 valence electrons. The monoisotopic (exact) mass is 752 g/mol. The maximum atomic E-state index is 5.61. The van der Waals surface area contributed by atoms with Crippen LogP contribution in [0.3, 0.4) is 0 Å². The first-order chi connectivity index (χ1) is 29.0. The molecule has 0 saturated heterocycles. The fourth-order valence-corrected chi connectivity index (χ4v) is 10.4. The third-order valence-corrected chi connectivity index (χ3v) is 13.0. The summed E-state index contributed by atoms with van der Waals surface area (Å²) in [6.07, 6.45) is 0. The zero-order chi connectivity index (χ0) is 39.0. The van der Waals surface area contributed by atoms with E-state index in [9.17, 15) is 0 Å². The SMILES string of the molecule is CC1(C)c2ccccc2-c2c(-c3nc4ccccc4nc3-n3c4ccccc4c4c(-n5c6ccccc6c6cc7ccccc7cc65)c5ccccc5cc43)cccc21. The minimum Gasteiger partial charge on any atom is -0.308 e. The molecular formula is C55H36N4. The lowest BCUT2D eigenvalue weighted by molar-refractivity contribution is 0.660. The maximum Gasteiger partial charge on any atom is 0.165 e. The van der Waals surface area contributed by atoms with Gasteiger partial charge in [-0.3, -0.25) is 4.57 Å². The standard InChI is InChI=1S/C55H36N4/c1-55(2)42-24-10-7-21-38(42)50-40(23-15-25-43(50)55)52-54(57-45-27-12-11-26-44(45)56-52)59-47-29-14-9-22-39(47)51-49(59)32-35-18-5-6-19-36(35)53(51)58-46-28-13-8-20-37(46)41-30-33-16-3-4-17-34(33)31-48(41)58/h3-32H,1-2H3. The molecule has 12 aromatic rings. The van der Waals surface area contributed by atoms with E-state index < -0.39 is 0 Å². The summed E-state index contributed by atoms with van der Waals surface area (Å²) in [5, 5.41) is 9.65. The van der Waals surface area contributed by atoms with E-state index in [4.69, 9.17) is 9.97 Å². The van der Waals surface area contributed by atoms with Gasteiger partial charge in [0.1, 0.15) is 5.69 Å². The number of benzene rings is 9. The lowest BCUT2D eigenvalue weighted by Gasteiger charge is -2.22. The van der Waals surface area contributed by atoms with Crippen LogP contribution in [-0.4, -0.2) is 19.1 Å². The van der Waals surface area contributed by atoms with E-state index in [1.807, 2.05) is 0 Å². The normalized spacial score (nSPS) is 13.4. The maximum absolute atomic E-state index is 5.61. The molecular weight excluding hydrogens is 717 g/mol. The average molecular weight is 753 g/mol. The van der Waals surface area contributed by atoms with Crippen LogP contribution >= 0.6 is 0 Å². The predicted octanol–water partition coefficient (Wildman–Crippen LogP) is 14.1. The van der Waals surface area contributed by atoms with Gasteiger partial charge in [0.25, 0.3) is 0 Å². The number of hydrogen-bond donors (Lipinski definition) is 0. The fraction of sp³-hybridized carbons (Fsp3) is 0.0545. The van der Waals surface area contributed by atoms with Gasteiger partial charge in [-0.2, -0.15) is 0 Å². The van der Waals surface area contributed by atoms with Crippen LogP contribution in [0.1, 0.15) is 25.0 Å². The minimum atomic E-state index is -0.152. The Morgan fingerprint density at radius 1 is 0.407 bits per heavy atom. The number of para-hydroxylation sites is 4. The Kier molecular flexibility index (Phi) is 6.48.